The van der Waals surface area contributed by atoms with Crippen molar-refractivity contribution in [2.45, 2.75) is 45.1 Å². The number of carbonyl (C=O) groups is 1. The first-order valence-electron chi connectivity index (χ1n) is 10.7. The first-order chi connectivity index (χ1) is 14.8. The molecule has 0 heterocycles. The van der Waals surface area contributed by atoms with Crippen LogP contribution in [0.15, 0.2) is 83.3 Å². The summed E-state index contributed by atoms with van der Waals surface area (Å²) in [5.41, 5.74) is 3.48. The van der Waals surface area contributed by atoms with Crippen molar-refractivity contribution in [2.75, 3.05) is 6.61 Å². The van der Waals surface area contributed by atoms with Gasteiger partial charge in [-0.15, -0.1) is 0 Å². The van der Waals surface area contributed by atoms with Crippen LogP contribution in [0.3, 0.4) is 0 Å². The number of hydrogen-bond acceptors (Lipinski definition) is 2. The van der Waals surface area contributed by atoms with Crippen LogP contribution >= 0.6 is 15.9 Å². The molecule has 4 heteroatoms. The van der Waals surface area contributed by atoms with Crippen molar-refractivity contribution in [3.05, 3.63) is 100 Å². The Morgan fingerprint density at radius 2 is 1.52 bits per heavy atom. The fraction of sp³-hybridized carbons (Fsp3) is 0.296. The van der Waals surface area contributed by atoms with Gasteiger partial charge in [0, 0.05) is 6.42 Å². The topological polar surface area (TPSA) is 38.3 Å². The second kappa shape index (κ2) is 10.6. The average molecular weight is 480 g/mol. The molecular formula is C27H30BrNO2. The van der Waals surface area contributed by atoms with E-state index in [1.807, 2.05) is 66.7 Å². The van der Waals surface area contributed by atoms with E-state index in [0.717, 1.165) is 21.3 Å². The third-order valence-electron chi connectivity index (χ3n) is 5.17. The molecule has 1 N–H and O–H groups in total. The summed E-state index contributed by atoms with van der Waals surface area (Å²) < 4.78 is 6.84. The molecule has 162 valence electrons. The Morgan fingerprint density at radius 3 is 2.03 bits per heavy atom. The van der Waals surface area contributed by atoms with Crippen LogP contribution in [-0.2, 0) is 10.2 Å². The van der Waals surface area contributed by atoms with E-state index in [-0.39, 0.29) is 17.4 Å². The molecule has 0 saturated heterocycles. The largest absolute Gasteiger partial charge is 0.492 e. The second-order valence-electron chi connectivity index (χ2n) is 8.67. The first-order valence-corrected chi connectivity index (χ1v) is 11.5. The summed E-state index contributed by atoms with van der Waals surface area (Å²) in [6.07, 6.45) is 1.06. The number of hydrogen-bond donors (Lipinski definition) is 1. The zero-order valence-corrected chi connectivity index (χ0v) is 20.0. The molecule has 31 heavy (non-hydrogen) atoms. The van der Waals surface area contributed by atoms with E-state index in [0.29, 0.717) is 19.4 Å². The van der Waals surface area contributed by atoms with Crippen molar-refractivity contribution in [3.63, 3.8) is 0 Å². The van der Waals surface area contributed by atoms with Crippen LogP contribution in [0.2, 0.25) is 0 Å². The zero-order chi connectivity index (χ0) is 22.3. The van der Waals surface area contributed by atoms with Gasteiger partial charge in [0.1, 0.15) is 5.75 Å². The zero-order valence-electron chi connectivity index (χ0n) is 18.4. The molecule has 0 aliphatic heterocycles. The van der Waals surface area contributed by atoms with Gasteiger partial charge >= 0.3 is 0 Å². The molecule has 3 rings (SSSR count). The van der Waals surface area contributed by atoms with E-state index in [1.165, 1.54) is 5.56 Å². The van der Waals surface area contributed by atoms with Crippen LogP contribution in [0.4, 0.5) is 0 Å². The van der Waals surface area contributed by atoms with Gasteiger partial charge in [-0.1, -0.05) is 87.5 Å². The van der Waals surface area contributed by atoms with Gasteiger partial charge in [0.2, 0.25) is 5.91 Å². The van der Waals surface area contributed by atoms with Crippen molar-refractivity contribution >= 4 is 21.8 Å². The molecule has 0 spiro atoms. The lowest BCUT2D eigenvalue weighted by Crippen LogP contribution is -2.29. The quantitative estimate of drug-likeness (QED) is 0.360. The summed E-state index contributed by atoms with van der Waals surface area (Å²) in [4.78, 5) is 12.7. The molecule has 0 bridgehead atoms. The summed E-state index contributed by atoms with van der Waals surface area (Å²) in [6.45, 7) is 7.05. The Morgan fingerprint density at radius 1 is 0.935 bits per heavy atom. The highest BCUT2D eigenvalue weighted by molar-refractivity contribution is 9.10. The van der Waals surface area contributed by atoms with E-state index < -0.39 is 0 Å². The van der Waals surface area contributed by atoms with Crippen LogP contribution < -0.4 is 10.1 Å². The Bertz CT molecular complexity index is 942. The molecule has 0 fully saturated rings. The summed E-state index contributed by atoms with van der Waals surface area (Å²) in [7, 11) is 0. The third-order valence-corrected chi connectivity index (χ3v) is 5.79. The minimum atomic E-state index is -0.157. The lowest BCUT2D eigenvalue weighted by atomic mass is 9.87. The normalized spacial score (nSPS) is 11.4. The van der Waals surface area contributed by atoms with Crippen molar-refractivity contribution in [1.29, 1.82) is 0 Å². The maximum absolute atomic E-state index is 12.7. The summed E-state index contributed by atoms with van der Waals surface area (Å²) in [5, 5.41) is 3.18. The Balaban J connectivity index is 1.54. The molecule has 0 atom stereocenters. The maximum Gasteiger partial charge on any atom is 0.220 e. The fourth-order valence-corrected chi connectivity index (χ4v) is 3.88. The fourth-order valence-electron chi connectivity index (χ4n) is 3.38. The molecule has 0 aliphatic rings. The van der Waals surface area contributed by atoms with Crippen molar-refractivity contribution < 1.29 is 9.53 Å². The number of benzene rings is 3. The second-order valence-corrected chi connectivity index (χ2v) is 9.52. The van der Waals surface area contributed by atoms with Gasteiger partial charge in [0.15, 0.2) is 0 Å². The highest BCUT2D eigenvalue weighted by Crippen LogP contribution is 2.31. The molecular weight excluding hydrogens is 450 g/mol. The number of halogens is 1. The lowest BCUT2D eigenvalue weighted by molar-refractivity contribution is -0.121. The van der Waals surface area contributed by atoms with Gasteiger partial charge in [-0.3, -0.25) is 4.79 Å². The van der Waals surface area contributed by atoms with Crippen LogP contribution in [0.25, 0.3) is 0 Å². The number of nitrogens with one attached hydrogen (secondary N) is 1. The molecule has 3 aromatic rings. The van der Waals surface area contributed by atoms with Crippen molar-refractivity contribution in [3.8, 4) is 5.75 Å². The molecule has 0 radical (unpaired) electrons. The van der Waals surface area contributed by atoms with E-state index >= 15 is 0 Å². The van der Waals surface area contributed by atoms with Gasteiger partial charge in [0.25, 0.3) is 0 Å². The van der Waals surface area contributed by atoms with Gasteiger partial charge in [0.05, 0.1) is 17.1 Å². The minimum absolute atomic E-state index is 0.0171. The monoisotopic (exact) mass is 479 g/mol. The average Bonchev–Trinajstić information content (AvgIpc) is 2.76. The van der Waals surface area contributed by atoms with Gasteiger partial charge in [-0.05, 0) is 56.6 Å². The first kappa shape index (κ1) is 23.1. The standard InChI is InChI=1S/C27H30BrNO2/c1-27(2,3)22-16-17-24(23(28)19-22)31-18-10-15-25(30)29-26(20-11-6-4-7-12-20)21-13-8-5-9-14-21/h4-9,11-14,16-17,19,26H,10,15,18H2,1-3H3,(H,29,30). The number of carbonyl (C=O) groups excluding carboxylic acids is 1. The lowest BCUT2D eigenvalue weighted by Gasteiger charge is -2.20. The Hall–Kier alpha value is -2.59. The summed E-state index contributed by atoms with van der Waals surface area (Å²) in [5.74, 6) is 0.823. The third kappa shape index (κ3) is 6.70. The van der Waals surface area contributed by atoms with Crippen LogP contribution in [0, 0.1) is 0 Å². The van der Waals surface area contributed by atoms with Crippen LogP contribution in [-0.4, -0.2) is 12.5 Å². The Kier molecular flexibility index (Phi) is 7.91. The smallest absolute Gasteiger partial charge is 0.220 e. The van der Waals surface area contributed by atoms with Crippen molar-refractivity contribution in [2.24, 2.45) is 0 Å². The highest BCUT2D eigenvalue weighted by Gasteiger charge is 2.17. The molecule has 0 aliphatic carbocycles. The van der Waals surface area contributed by atoms with E-state index in [1.54, 1.807) is 0 Å². The van der Waals surface area contributed by atoms with Crippen LogP contribution in [0.5, 0.6) is 5.75 Å². The van der Waals surface area contributed by atoms with E-state index in [4.69, 9.17) is 4.74 Å². The molecule has 0 aromatic heterocycles. The predicted octanol–water partition coefficient (Wildman–Crippen LogP) is 6.81. The number of ether oxygens (including phenoxy) is 1. The summed E-state index contributed by atoms with van der Waals surface area (Å²) in [6, 6.07) is 26.1. The minimum Gasteiger partial charge on any atom is -0.492 e. The maximum atomic E-state index is 12.7. The molecule has 3 aromatic carbocycles. The number of amides is 1. The van der Waals surface area contributed by atoms with Gasteiger partial charge in [-0.25, -0.2) is 0 Å². The molecule has 0 unspecified atom stereocenters. The molecule has 0 saturated carbocycles. The van der Waals surface area contributed by atoms with Crippen molar-refractivity contribution in [1.82, 2.24) is 5.32 Å². The molecule has 3 nitrogen and oxygen atoms in total. The SMILES string of the molecule is CC(C)(C)c1ccc(OCCCC(=O)NC(c2ccccc2)c2ccccc2)c(Br)c1. The van der Waals surface area contributed by atoms with Gasteiger partial charge in [-0.2, -0.15) is 0 Å². The number of rotatable bonds is 8. The molecule has 1 amide bonds. The van der Waals surface area contributed by atoms with E-state index in [9.17, 15) is 4.79 Å². The predicted molar refractivity (Wildman–Crippen MR) is 130 cm³/mol. The highest BCUT2D eigenvalue weighted by atomic mass is 79.9. The van der Waals surface area contributed by atoms with E-state index in [2.05, 4.69) is 54.2 Å². The van der Waals surface area contributed by atoms with Gasteiger partial charge < -0.3 is 10.1 Å². The summed E-state index contributed by atoms with van der Waals surface area (Å²) >= 11 is 3.60. The Labute approximate surface area is 194 Å². The van der Waals surface area contributed by atoms with Crippen LogP contribution in [0.1, 0.15) is 56.3 Å².